The number of carbonyl (C=O) groups excluding carboxylic acids is 1. The minimum Gasteiger partial charge on any atom is -0.385 e. The van der Waals surface area contributed by atoms with E-state index in [4.69, 9.17) is 5.73 Å². The molecule has 0 fully saturated rings. The van der Waals surface area contributed by atoms with E-state index in [0.717, 1.165) is 5.56 Å². The van der Waals surface area contributed by atoms with Crippen molar-refractivity contribution in [2.45, 2.75) is 6.42 Å². The number of aromatic nitrogens is 2. The highest BCUT2D eigenvalue weighted by Crippen LogP contribution is 2.07. The summed E-state index contributed by atoms with van der Waals surface area (Å²) in [5.41, 5.74) is 6.93. The Balaban J connectivity index is 2.11. The van der Waals surface area contributed by atoms with Crippen LogP contribution < -0.4 is 5.73 Å². The monoisotopic (exact) mass is 201 g/mol. The molecular formula is C11H11N3O. The summed E-state index contributed by atoms with van der Waals surface area (Å²) in [4.78, 5) is 18.5. The zero-order chi connectivity index (χ0) is 10.7. The van der Waals surface area contributed by atoms with Gasteiger partial charge >= 0.3 is 0 Å². The maximum atomic E-state index is 11.7. The predicted octanol–water partition coefficient (Wildman–Crippen LogP) is 1.42. The summed E-state index contributed by atoms with van der Waals surface area (Å²) in [6, 6.07) is 7.05. The molecule has 76 valence electrons. The van der Waals surface area contributed by atoms with Gasteiger partial charge in [-0.15, -0.1) is 0 Å². The Bertz CT molecular complexity index is 462. The normalized spacial score (nSPS) is 10.1. The van der Waals surface area contributed by atoms with Gasteiger partial charge in [-0.25, -0.2) is 0 Å². The van der Waals surface area contributed by atoms with Crippen LogP contribution in [0.3, 0.4) is 0 Å². The molecule has 0 spiro atoms. The van der Waals surface area contributed by atoms with Crippen LogP contribution in [0.25, 0.3) is 0 Å². The number of nitrogen functional groups attached to an aromatic ring is 1. The number of ketones is 1. The van der Waals surface area contributed by atoms with Gasteiger partial charge in [0.15, 0.2) is 5.78 Å². The Morgan fingerprint density at radius 2 is 2.27 bits per heavy atom. The van der Waals surface area contributed by atoms with Crippen LogP contribution in [-0.4, -0.2) is 15.8 Å². The van der Waals surface area contributed by atoms with E-state index in [9.17, 15) is 4.79 Å². The Labute approximate surface area is 87.1 Å². The van der Waals surface area contributed by atoms with Gasteiger partial charge in [-0.05, 0) is 23.8 Å². The maximum absolute atomic E-state index is 11.7. The number of nitrogens with zero attached hydrogens (tertiary/aromatic N) is 1. The van der Waals surface area contributed by atoms with E-state index in [0.29, 0.717) is 17.9 Å². The maximum Gasteiger partial charge on any atom is 0.183 e. The van der Waals surface area contributed by atoms with Crippen molar-refractivity contribution < 1.29 is 4.79 Å². The van der Waals surface area contributed by atoms with Gasteiger partial charge in [0.1, 0.15) is 5.82 Å². The van der Waals surface area contributed by atoms with E-state index in [1.54, 1.807) is 24.5 Å². The van der Waals surface area contributed by atoms with Crippen LogP contribution in [0.1, 0.15) is 16.1 Å². The molecule has 4 nitrogen and oxygen atoms in total. The highest BCUT2D eigenvalue weighted by atomic mass is 16.1. The largest absolute Gasteiger partial charge is 0.385 e. The van der Waals surface area contributed by atoms with E-state index >= 15 is 0 Å². The molecule has 0 saturated heterocycles. The van der Waals surface area contributed by atoms with Crippen molar-refractivity contribution in [2.24, 2.45) is 0 Å². The Kier molecular flexibility index (Phi) is 2.49. The van der Waals surface area contributed by atoms with Crippen LogP contribution in [0.4, 0.5) is 5.82 Å². The summed E-state index contributed by atoms with van der Waals surface area (Å²) < 4.78 is 0. The number of H-pyrrole nitrogens is 1. The fourth-order valence-corrected chi connectivity index (χ4v) is 1.36. The molecule has 2 rings (SSSR count). The summed E-state index contributed by atoms with van der Waals surface area (Å²) in [7, 11) is 0. The van der Waals surface area contributed by atoms with Crippen LogP contribution in [-0.2, 0) is 6.42 Å². The summed E-state index contributed by atoms with van der Waals surface area (Å²) in [5.74, 6) is 0.518. The SMILES string of the molecule is Nc1ccc(C(=O)Cc2cccnc2)[nH]1. The molecule has 0 bridgehead atoms. The van der Waals surface area contributed by atoms with Crippen LogP contribution in [0.2, 0.25) is 0 Å². The van der Waals surface area contributed by atoms with Crippen molar-refractivity contribution in [3.63, 3.8) is 0 Å². The minimum atomic E-state index is 0.0136. The molecule has 2 aromatic rings. The summed E-state index contributed by atoms with van der Waals surface area (Å²) in [5, 5.41) is 0. The first-order chi connectivity index (χ1) is 7.25. The number of anilines is 1. The number of aromatic amines is 1. The molecule has 0 aromatic carbocycles. The van der Waals surface area contributed by atoms with Crippen molar-refractivity contribution in [1.82, 2.24) is 9.97 Å². The number of pyridine rings is 1. The molecule has 2 heterocycles. The molecule has 0 aliphatic rings. The first kappa shape index (κ1) is 9.45. The van der Waals surface area contributed by atoms with Crippen molar-refractivity contribution in [3.05, 3.63) is 47.9 Å². The number of nitrogens with two attached hydrogens (primary N) is 1. The van der Waals surface area contributed by atoms with E-state index in [2.05, 4.69) is 9.97 Å². The number of carbonyl (C=O) groups is 1. The third-order valence-electron chi connectivity index (χ3n) is 2.10. The summed E-state index contributed by atoms with van der Waals surface area (Å²) >= 11 is 0. The predicted molar refractivity (Wildman–Crippen MR) is 57.5 cm³/mol. The van der Waals surface area contributed by atoms with Gasteiger partial charge in [-0.1, -0.05) is 6.07 Å². The first-order valence-corrected chi connectivity index (χ1v) is 4.62. The molecule has 0 radical (unpaired) electrons. The molecule has 0 aliphatic heterocycles. The molecule has 0 amide bonds. The van der Waals surface area contributed by atoms with Gasteiger partial charge in [0, 0.05) is 18.8 Å². The van der Waals surface area contributed by atoms with Crippen LogP contribution in [0, 0.1) is 0 Å². The molecule has 0 atom stereocenters. The lowest BCUT2D eigenvalue weighted by molar-refractivity contribution is 0.0989. The van der Waals surface area contributed by atoms with Crippen molar-refractivity contribution >= 4 is 11.6 Å². The molecule has 3 N–H and O–H groups in total. The molecule has 4 heteroatoms. The zero-order valence-electron chi connectivity index (χ0n) is 8.10. The number of hydrogen-bond donors (Lipinski definition) is 2. The number of rotatable bonds is 3. The van der Waals surface area contributed by atoms with Gasteiger partial charge in [0.2, 0.25) is 0 Å². The fourth-order valence-electron chi connectivity index (χ4n) is 1.36. The second-order valence-electron chi connectivity index (χ2n) is 3.29. The molecular weight excluding hydrogens is 190 g/mol. The summed E-state index contributed by atoms with van der Waals surface area (Å²) in [6.07, 6.45) is 3.71. The highest BCUT2D eigenvalue weighted by Gasteiger charge is 2.08. The average Bonchev–Trinajstić information content (AvgIpc) is 2.66. The smallest absolute Gasteiger partial charge is 0.183 e. The number of Topliss-reactive ketones (excluding diaryl/α,β-unsaturated/α-hetero) is 1. The standard InChI is InChI=1S/C11H11N3O/c12-11-4-3-9(14-11)10(15)6-8-2-1-5-13-7-8/h1-5,7,14H,6,12H2. The molecule has 2 aromatic heterocycles. The zero-order valence-corrected chi connectivity index (χ0v) is 8.10. The van der Waals surface area contributed by atoms with E-state index < -0.39 is 0 Å². The third-order valence-corrected chi connectivity index (χ3v) is 2.10. The van der Waals surface area contributed by atoms with Gasteiger partial charge in [0.25, 0.3) is 0 Å². The fraction of sp³-hybridized carbons (Fsp3) is 0.0909. The van der Waals surface area contributed by atoms with Crippen LogP contribution in [0.15, 0.2) is 36.7 Å². The minimum absolute atomic E-state index is 0.0136. The quantitative estimate of drug-likeness (QED) is 0.737. The molecule has 0 unspecified atom stereocenters. The molecule has 15 heavy (non-hydrogen) atoms. The lowest BCUT2D eigenvalue weighted by Crippen LogP contribution is -2.04. The molecule has 0 aliphatic carbocycles. The third kappa shape index (κ3) is 2.22. The highest BCUT2D eigenvalue weighted by molar-refractivity contribution is 5.96. The van der Waals surface area contributed by atoms with Gasteiger partial charge < -0.3 is 10.7 Å². The first-order valence-electron chi connectivity index (χ1n) is 4.62. The second kappa shape index (κ2) is 3.96. The lowest BCUT2D eigenvalue weighted by Gasteiger charge is -1.98. The second-order valence-corrected chi connectivity index (χ2v) is 3.29. The number of hydrogen-bond acceptors (Lipinski definition) is 3. The van der Waals surface area contributed by atoms with Gasteiger partial charge in [-0.3, -0.25) is 9.78 Å². The molecule has 0 saturated carbocycles. The van der Waals surface area contributed by atoms with Crippen molar-refractivity contribution in [3.8, 4) is 0 Å². The van der Waals surface area contributed by atoms with E-state index in [-0.39, 0.29) is 5.78 Å². The van der Waals surface area contributed by atoms with Gasteiger partial charge in [-0.2, -0.15) is 0 Å². The van der Waals surface area contributed by atoms with E-state index in [1.165, 1.54) is 0 Å². The Morgan fingerprint density at radius 3 is 2.87 bits per heavy atom. The average molecular weight is 201 g/mol. The van der Waals surface area contributed by atoms with Crippen LogP contribution in [0.5, 0.6) is 0 Å². The Morgan fingerprint density at radius 1 is 1.40 bits per heavy atom. The van der Waals surface area contributed by atoms with Crippen molar-refractivity contribution in [2.75, 3.05) is 5.73 Å². The summed E-state index contributed by atoms with van der Waals surface area (Å²) in [6.45, 7) is 0. The van der Waals surface area contributed by atoms with Crippen LogP contribution >= 0.6 is 0 Å². The van der Waals surface area contributed by atoms with E-state index in [1.807, 2.05) is 12.1 Å². The van der Waals surface area contributed by atoms with Crippen molar-refractivity contribution in [1.29, 1.82) is 0 Å². The number of nitrogens with one attached hydrogen (secondary N) is 1. The lowest BCUT2D eigenvalue weighted by atomic mass is 10.1. The topological polar surface area (TPSA) is 71.8 Å². The Hall–Kier alpha value is -2.10. The van der Waals surface area contributed by atoms with Gasteiger partial charge in [0.05, 0.1) is 5.69 Å².